The minimum atomic E-state index is -0.310. The smallest absolute Gasteiger partial charge is 0.260 e. The van der Waals surface area contributed by atoms with Gasteiger partial charge in [-0.05, 0) is 36.3 Å². The number of rotatable bonds is 5. The summed E-state index contributed by atoms with van der Waals surface area (Å²) in [6.07, 6.45) is 3.02. The summed E-state index contributed by atoms with van der Waals surface area (Å²) in [7, 11) is 0. The average Bonchev–Trinajstić information content (AvgIpc) is 3.15. The lowest BCUT2D eigenvalue weighted by atomic mass is 10.1. The molecule has 144 valence electrons. The van der Waals surface area contributed by atoms with E-state index in [1.54, 1.807) is 24.3 Å². The Labute approximate surface area is 173 Å². The van der Waals surface area contributed by atoms with Gasteiger partial charge in [0.2, 0.25) is 5.91 Å². The number of anilines is 1. The van der Waals surface area contributed by atoms with Crippen LogP contribution in [0.15, 0.2) is 47.0 Å². The normalized spacial score (nSPS) is 11.4. The highest BCUT2D eigenvalue weighted by atomic mass is 35.5. The molecule has 1 heterocycles. The third-order valence-corrected chi connectivity index (χ3v) is 4.94. The molecule has 0 spiro atoms. The monoisotopic (exact) mass is 415 g/mol. The first kappa shape index (κ1) is 20.1. The molecule has 0 radical (unpaired) electrons. The second kappa shape index (κ2) is 8.59. The van der Waals surface area contributed by atoms with Crippen molar-refractivity contribution in [3.05, 3.63) is 69.5 Å². The van der Waals surface area contributed by atoms with E-state index in [-0.39, 0.29) is 11.8 Å². The fourth-order valence-corrected chi connectivity index (χ4v) is 2.94. The van der Waals surface area contributed by atoms with Crippen LogP contribution in [-0.4, -0.2) is 16.0 Å². The summed E-state index contributed by atoms with van der Waals surface area (Å²) in [6, 6.07) is 10.8. The van der Waals surface area contributed by atoms with Crippen LogP contribution in [-0.2, 0) is 4.79 Å². The van der Waals surface area contributed by atoms with E-state index in [4.69, 9.17) is 27.7 Å². The van der Waals surface area contributed by atoms with Gasteiger partial charge in [-0.25, -0.2) is 0 Å². The summed E-state index contributed by atoms with van der Waals surface area (Å²) < 4.78 is 5.38. The van der Waals surface area contributed by atoms with Gasteiger partial charge in [0.15, 0.2) is 5.82 Å². The first-order chi connectivity index (χ1) is 13.4. The molecule has 3 rings (SSSR count). The third kappa shape index (κ3) is 4.43. The molecule has 3 aromatic rings. The molecular formula is C21H19Cl2N3O2. The molecule has 0 unspecified atom stereocenters. The Morgan fingerprint density at radius 1 is 1.18 bits per heavy atom. The molecule has 1 N–H and O–H groups in total. The van der Waals surface area contributed by atoms with Crippen LogP contribution in [0.5, 0.6) is 0 Å². The molecule has 2 aromatic carbocycles. The number of carbonyl (C=O) groups excluding carboxylic acids is 1. The molecule has 1 amide bonds. The van der Waals surface area contributed by atoms with E-state index in [1.165, 1.54) is 6.08 Å². The standard InChI is InChI=1S/C21H19Cl2N3O2/c1-12(2)20-25-21(28-26-20)15-8-4-6-13(3)19(15)24-17(27)11-10-14-7-5-9-16(22)18(14)23/h4-12H,1-3H3,(H,24,27)/b11-10+. The highest BCUT2D eigenvalue weighted by Crippen LogP contribution is 2.31. The number of nitrogens with one attached hydrogen (secondary N) is 1. The Morgan fingerprint density at radius 2 is 1.93 bits per heavy atom. The Morgan fingerprint density at radius 3 is 2.64 bits per heavy atom. The number of aromatic nitrogens is 2. The summed E-state index contributed by atoms with van der Waals surface area (Å²) >= 11 is 12.2. The van der Waals surface area contributed by atoms with Crippen LogP contribution in [0.1, 0.15) is 36.7 Å². The molecule has 1 aromatic heterocycles. The van der Waals surface area contributed by atoms with Crippen molar-refractivity contribution in [2.45, 2.75) is 26.7 Å². The Hall–Kier alpha value is -2.63. The molecule has 0 aliphatic rings. The second-order valence-electron chi connectivity index (χ2n) is 6.58. The van der Waals surface area contributed by atoms with Crippen molar-refractivity contribution in [1.29, 1.82) is 0 Å². The maximum Gasteiger partial charge on any atom is 0.260 e. The highest BCUT2D eigenvalue weighted by Gasteiger charge is 2.17. The summed E-state index contributed by atoms with van der Waals surface area (Å²) in [6.45, 7) is 5.87. The van der Waals surface area contributed by atoms with Gasteiger partial charge in [0, 0.05) is 12.0 Å². The first-order valence-corrected chi connectivity index (χ1v) is 9.49. The van der Waals surface area contributed by atoms with Crippen molar-refractivity contribution in [3.8, 4) is 11.5 Å². The topological polar surface area (TPSA) is 68.0 Å². The predicted molar refractivity (Wildman–Crippen MR) is 113 cm³/mol. The van der Waals surface area contributed by atoms with Crippen LogP contribution in [0, 0.1) is 6.92 Å². The van der Waals surface area contributed by atoms with Crippen molar-refractivity contribution >= 4 is 40.9 Å². The molecule has 7 heteroatoms. The van der Waals surface area contributed by atoms with Crippen LogP contribution in [0.3, 0.4) is 0 Å². The predicted octanol–water partition coefficient (Wildman–Crippen LogP) is 6.13. The molecule has 0 fully saturated rings. The minimum absolute atomic E-state index is 0.144. The van der Waals surface area contributed by atoms with Crippen LogP contribution >= 0.6 is 23.2 Å². The second-order valence-corrected chi connectivity index (χ2v) is 7.36. The van der Waals surface area contributed by atoms with E-state index in [2.05, 4.69) is 15.5 Å². The SMILES string of the molecule is Cc1cccc(-c2nc(C(C)C)no2)c1NC(=O)/C=C/c1cccc(Cl)c1Cl. The van der Waals surface area contributed by atoms with Crippen molar-refractivity contribution < 1.29 is 9.32 Å². The van der Waals surface area contributed by atoms with Crippen LogP contribution in [0.2, 0.25) is 10.0 Å². The lowest BCUT2D eigenvalue weighted by Crippen LogP contribution is -2.10. The number of para-hydroxylation sites is 1. The number of hydrogen-bond donors (Lipinski definition) is 1. The van der Waals surface area contributed by atoms with E-state index in [0.29, 0.717) is 38.6 Å². The molecule has 0 aliphatic carbocycles. The van der Waals surface area contributed by atoms with Gasteiger partial charge >= 0.3 is 0 Å². The van der Waals surface area contributed by atoms with Crippen molar-refractivity contribution in [2.75, 3.05) is 5.32 Å². The number of carbonyl (C=O) groups is 1. The van der Waals surface area contributed by atoms with E-state index < -0.39 is 0 Å². The Balaban J connectivity index is 1.86. The van der Waals surface area contributed by atoms with Gasteiger partial charge in [-0.2, -0.15) is 4.98 Å². The van der Waals surface area contributed by atoms with Crippen molar-refractivity contribution in [2.24, 2.45) is 0 Å². The molecule has 28 heavy (non-hydrogen) atoms. The molecule has 0 saturated heterocycles. The highest BCUT2D eigenvalue weighted by molar-refractivity contribution is 6.42. The van der Waals surface area contributed by atoms with Gasteiger partial charge in [0.25, 0.3) is 5.89 Å². The van der Waals surface area contributed by atoms with E-state index in [0.717, 1.165) is 5.56 Å². The van der Waals surface area contributed by atoms with Gasteiger partial charge < -0.3 is 9.84 Å². The molecule has 5 nitrogen and oxygen atoms in total. The summed E-state index contributed by atoms with van der Waals surface area (Å²) in [5, 5.41) is 7.72. The van der Waals surface area contributed by atoms with E-state index in [9.17, 15) is 4.79 Å². The van der Waals surface area contributed by atoms with Gasteiger partial charge in [-0.3, -0.25) is 4.79 Å². The number of nitrogens with zero attached hydrogens (tertiary/aromatic N) is 2. The van der Waals surface area contributed by atoms with Crippen molar-refractivity contribution in [3.63, 3.8) is 0 Å². The molecule has 0 saturated carbocycles. The summed E-state index contributed by atoms with van der Waals surface area (Å²) in [5.74, 6) is 0.815. The minimum Gasteiger partial charge on any atom is -0.334 e. The van der Waals surface area contributed by atoms with Crippen molar-refractivity contribution in [1.82, 2.24) is 10.1 Å². The van der Waals surface area contributed by atoms with Gasteiger partial charge in [-0.15, -0.1) is 0 Å². The quantitative estimate of drug-likeness (QED) is 0.509. The number of hydrogen-bond acceptors (Lipinski definition) is 4. The Bertz CT molecular complexity index is 1040. The molecule has 0 bridgehead atoms. The first-order valence-electron chi connectivity index (χ1n) is 8.73. The zero-order valence-electron chi connectivity index (χ0n) is 15.7. The summed E-state index contributed by atoms with van der Waals surface area (Å²) in [4.78, 5) is 16.9. The average molecular weight is 416 g/mol. The zero-order chi connectivity index (χ0) is 20.3. The fourth-order valence-electron chi connectivity index (χ4n) is 2.57. The van der Waals surface area contributed by atoms with Gasteiger partial charge in [0.05, 0.1) is 21.3 Å². The maximum atomic E-state index is 12.5. The van der Waals surface area contributed by atoms with Crippen LogP contribution in [0.25, 0.3) is 17.5 Å². The lowest BCUT2D eigenvalue weighted by Gasteiger charge is -2.10. The van der Waals surface area contributed by atoms with E-state index >= 15 is 0 Å². The molecule has 0 aliphatic heterocycles. The van der Waals surface area contributed by atoms with Crippen LogP contribution < -0.4 is 5.32 Å². The van der Waals surface area contributed by atoms with Gasteiger partial charge in [-0.1, -0.05) is 66.5 Å². The molecular weight excluding hydrogens is 397 g/mol. The third-order valence-electron chi connectivity index (χ3n) is 4.11. The fraction of sp³-hybridized carbons (Fsp3) is 0.190. The number of amides is 1. The maximum absolute atomic E-state index is 12.5. The summed E-state index contributed by atoms with van der Waals surface area (Å²) in [5.41, 5.74) is 2.83. The van der Waals surface area contributed by atoms with Gasteiger partial charge in [0.1, 0.15) is 0 Å². The largest absolute Gasteiger partial charge is 0.334 e. The van der Waals surface area contributed by atoms with E-state index in [1.807, 2.05) is 39.0 Å². The lowest BCUT2D eigenvalue weighted by molar-refractivity contribution is -0.111. The number of halogens is 2. The number of aryl methyl sites for hydroxylation is 1. The molecule has 0 atom stereocenters. The zero-order valence-corrected chi connectivity index (χ0v) is 17.2. The van der Waals surface area contributed by atoms with Crippen LogP contribution in [0.4, 0.5) is 5.69 Å². The number of benzene rings is 2. The Kier molecular flexibility index (Phi) is 6.17.